The van der Waals surface area contributed by atoms with Gasteiger partial charge in [-0.15, -0.1) is 0 Å². The molecule has 18 heavy (non-hydrogen) atoms. The molecule has 0 N–H and O–H groups in total. The zero-order valence-corrected chi connectivity index (χ0v) is 10.9. The van der Waals surface area contributed by atoms with Gasteiger partial charge < -0.3 is 9.64 Å². The molecule has 1 saturated heterocycles. The summed E-state index contributed by atoms with van der Waals surface area (Å²) in [5, 5.41) is 0. The minimum atomic E-state index is 0.141. The lowest BCUT2D eigenvalue weighted by molar-refractivity contribution is -0.124. The lowest BCUT2D eigenvalue weighted by Gasteiger charge is -2.00. The fourth-order valence-corrected chi connectivity index (χ4v) is 2.14. The minimum absolute atomic E-state index is 0.141. The van der Waals surface area contributed by atoms with Gasteiger partial charge in [0.05, 0.1) is 25.3 Å². The first-order valence-corrected chi connectivity index (χ1v) is 6.27. The van der Waals surface area contributed by atoms with Crippen molar-refractivity contribution in [1.29, 1.82) is 0 Å². The predicted molar refractivity (Wildman–Crippen MR) is 71.0 cm³/mol. The van der Waals surface area contributed by atoms with Crippen LogP contribution in [0.4, 0.5) is 0 Å². The zero-order valence-electron chi connectivity index (χ0n) is 10.9. The fourth-order valence-electron chi connectivity index (χ4n) is 2.14. The number of carbonyl (C=O) groups excluding carboxylic acids is 1. The van der Waals surface area contributed by atoms with Crippen molar-refractivity contribution in [3.63, 3.8) is 0 Å². The second-order valence-electron chi connectivity index (χ2n) is 4.59. The van der Waals surface area contributed by atoms with Gasteiger partial charge in [0.15, 0.2) is 0 Å². The maximum absolute atomic E-state index is 11.2. The lowest BCUT2D eigenvalue weighted by Crippen LogP contribution is -2.08. The SMILES string of the molecule is CC(=O)N1[C@H](C)[C@H]1/C=C/COCc1ccccc1. The predicted octanol–water partition coefficient (Wildman–Crippen LogP) is 2.38. The van der Waals surface area contributed by atoms with E-state index in [0.717, 1.165) is 0 Å². The molecule has 3 nitrogen and oxygen atoms in total. The summed E-state index contributed by atoms with van der Waals surface area (Å²) in [5.41, 5.74) is 1.18. The molecule has 0 aromatic heterocycles. The summed E-state index contributed by atoms with van der Waals surface area (Å²) in [7, 11) is 0. The Bertz CT molecular complexity index is 427. The largest absolute Gasteiger partial charge is 0.373 e. The molecule has 0 unspecified atom stereocenters. The van der Waals surface area contributed by atoms with Crippen molar-refractivity contribution in [2.45, 2.75) is 32.5 Å². The van der Waals surface area contributed by atoms with E-state index in [1.807, 2.05) is 41.3 Å². The Morgan fingerprint density at radius 3 is 2.72 bits per heavy atom. The standard InChI is InChI=1S/C15H19NO2/c1-12-15(16(12)13(2)17)9-6-10-18-11-14-7-4-3-5-8-14/h3-9,12,15H,10-11H2,1-2H3/b9-6+/t12-,15-,16?/m1/s1. The number of benzene rings is 1. The van der Waals surface area contributed by atoms with Gasteiger partial charge in [-0.25, -0.2) is 0 Å². The van der Waals surface area contributed by atoms with Crippen LogP contribution in [0.15, 0.2) is 42.5 Å². The molecule has 1 amide bonds. The van der Waals surface area contributed by atoms with E-state index in [0.29, 0.717) is 19.3 Å². The molecule has 0 saturated carbocycles. The fraction of sp³-hybridized carbons (Fsp3) is 0.400. The first kappa shape index (κ1) is 12.8. The van der Waals surface area contributed by atoms with Crippen LogP contribution in [-0.4, -0.2) is 29.5 Å². The average molecular weight is 245 g/mol. The summed E-state index contributed by atoms with van der Waals surface area (Å²) in [6.45, 7) is 4.88. The second kappa shape index (κ2) is 5.83. The Hall–Kier alpha value is -1.61. The average Bonchev–Trinajstić information content (AvgIpc) is 3.01. The molecule has 2 atom stereocenters. The molecule has 0 radical (unpaired) electrons. The molecule has 0 spiro atoms. The summed E-state index contributed by atoms with van der Waals surface area (Å²) in [6, 6.07) is 10.7. The Labute approximate surface area is 108 Å². The molecule has 1 aromatic carbocycles. The summed E-state index contributed by atoms with van der Waals surface area (Å²) in [6.07, 6.45) is 4.05. The van der Waals surface area contributed by atoms with Crippen molar-refractivity contribution >= 4 is 5.91 Å². The number of hydrogen-bond donors (Lipinski definition) is 0. The number of carbonyl (C=O) groups is 1. The van der Waals surface area contributed by atoms with Crippen molar-refractivity contribution < 1.29 is 9.53 Å². The van der Waals surface area contributed by atoms with Gasteiger partial charge in [0.1, 0.15) is 0 Å². The highest BCUT2D eigenvalue weighted by molar-refractivity contribution is 5.77. The maximum atomic E-state index is 11.2. The van der Waals surface area contributed by atoms with Gasteiger partial charge in [0, 0.05) is 6.92 Å². The van der Waals surface area contributed by atoms with Gasteiger partial charge in [0.2, 0.25) is 5.91 Å². The van der Waals surface area contributed by atoms with Gasteiger partial charge in [0.25, 0.3) is 0 Å². The monoisotopic (exact) mass is 245 g/mol. The van der Waals surface area contributed by atoms with Crippen LogP contribution >= 0.6 is 0 Å². The van der Waals surface area contributed by atoms with E-state index < -0.39 is 0 Å². The van der Waals surface area contributed by atoms with Crippen LogP contribution in [0.2, 0.25) is 0 Å². The van der Waals surface area contributed by atoms with E-state index in [2.05, 4.69) is 13.0 Å². The number of amides is 1. The molecule has 1 aromatic rings. The van der Waals surface area contributed by atoms with Crippen molar-refractivity contribution in [1.82, 2.24) is 4.90 Å². The molecular weight excluding hydrogens is 226 g/mol. The molecule has 0 aliphatic carbocycles. The highest BCUT2D eigenvalue weighted by atomic mass is 16.5. The minimum Gasteiger partial charge on any atom is -0.373 e. The summed E-state index contributed by atoms with van der Waals surface area (Å²) < 4.78 is 5.54. The topological polar surface area (TPSA) is 29.3 Å². The number of nitrogens with zero attached hydrogens (tertiary/aromatic N) is 1. The van der Waals surface area contributed by atoms with E-state index in [1.54, 1.807) is 6.92 Å². The van der Waals surface area contributed by atoms with Crippen molar-refractivity contribution in [2.75, 3.05) is 6.61 Å². The molecular formula is C15H19NO2. The van der Waals surface area contributed by atoms with Crippen LogP contribution in [0.25, 0.3) is 0 Å². The van der Waals surface area contributed by atoms with E-state index in [9.17, 15) is 4.79 Å². The van der Waals surface area contributed by atoms with E-state index >= 15 is 0 Å². The molecule has 0 bridgehead atoms. The van der Waals surface area contributed by atoms with E-state index in [-0.39, 0.29) is 11.9 Å². The summed E-state index contributed by atoms with van der Waals surface area (Å²) in [4.78, 5) is 13.0. The molecule has 1 aliphatic heterocycles. The lowest BCUT2D eigenvalue weighted by atomic mass is 10.2. The third kappa shape index (κ3) is 3.20. The first-order valence-electron chi connectivity index (χ1n) is 6.27. The number of rotatable bonds is 5. The smallest absolute Gasteiger partial charge is 0.220 e. The van der Waals surface area contributed by atoms with Gasteiger partial charge in [-0.2, -0.15) is 0 Å². The zero-order chi connectivity index (χ0) is 13.0. The van der Waals surface area contributed by atoms with Crippen LogP contribution in [-0.2, 0) is 16.1 Å². The van der Waals surface area contributed by atoms with Gasteiger partial charge in [-0.3, -0.25) is 4.79 Å². The third-order valence-corrected chi connectivity index (χ3v) is 3.19. The van der Waals surface area contributed by atoms with Gasteiger partial charge >= 0.3 is 0 Å². The van der Waals surface area contributed by atoms with Crippen molar-refractivity contribution in [2.24, 2.45) is 0 Å². The Morgan fingerprint density at radius 2 is 2.11 bits per heavy atom. The van der Waals surface area contributed by atoms with E-state index in [4.69, 9.17) is 4.74 Å². The Balaban J connectivity index is 1.66. The van der Waals surface area contributed by atoms with Crippen LogP contribution in [0.1, 0.15) is 19.4 Å². The highest BCUT2D eigenvalue weighted by Gasteiger charge is 2.43. The molecule has 1 fully saturated rings. The second-order valence-corrected chi connectivity index (χ2v) is 4.59. The van der Waals surface area contributed by atoms with Crippen LogP contribution in [0, 0.1) is 0 Å². The maximum Gasteiger partial charge on any atom is 0.220 e. The molecule has 1 heterocycles. The molecule has 96 valence electrons. The number of hydrogen-bond acceptors (Lipinski definition) is 2. The van der Waals surface area contributed by atoms with Crippen LogP contribution < -0.4 is 0 Å². The van der Waals surface area contributed by atoms with E-state index in [1.165, 1.54) is 5.56 Å². The van der Waals surface area contributed by atoms with Crippen molar-refractivity contribution in [3.8, 4) is 0 Å². The summed E-state index contributed by atoms with van der Waals surface area (Å²) >= 11 is 0. The van der Waals surface area contributed by atoms with Crippen molar-refractivity contribution in [3.05, 3.63) is 48.0 Å². The number of ether oxygens (including phenoxy) is 1. The highest BCUT2D eigenvalue weighted by Crippen LogP contribution is 2.28. The molecule has 2 rings (SSSR count). The normalized spacial score (nSPS) is 22.4. The van der Waals surface area contributed by atoms with Crippen LogP contribution in [0.3, 0.4) is 0 Å². The van der Waals surface area contributed by atoms with Crippen LogP contribution in [0.5, 0.6) is 0 Å². The third-order valence-electron chi connectivity index (χ3n) is 3.19. The Kier molecular flexibility index (Phi) is 4.15. The Morgan fingerprint density at radius 1 is 1.39 bits per heavy atom. The molecule has 1 aliphatic rings. The quantitative estimate of drug-likeness (QED) is 0.453. The summed E-state index contributed by atoms with van der Waals surface area (Å²) in [5.74, 6) is 0.141. The first-order chi connectivity index (χ1) is 8.70. The molecule has 3 heteroatoms. The van der Waals surface area contributed by atoms with Gasteiger partial charge in [-0.05, 0) is 12.5 Å². The van der Waals surface area contributed by atoms with Gasteiger partial charge in [-0.1, -0.05) is 42.5 Å².